The third kappa shape index (κ3) is 4.66. The largest absolute Gasteiger partial charge is 0.398 e. The standard InChI is InChI=1S/C13H18Br2N2O3S/c14-9-7-11(15)13(12(16)8-9)21(18,19)17-5-6-20-10-3-1-2-4-10/h7-8,10,17H,1-6,16H2. The number of rotatable bonds is 6. The summed E-state index contributed by atoms with van der Waals surface area (Å²) in [5, 5.41) is 0. The Morgan fingerprint density at radius 3 is 2.57 bits per heavy atom. The molecule has 1 aromatic rings. The molecule has 1 fully saturated rings. The van der Waals surface area contributed by atoms with E-state index in [0.717, 1.165) is 17.3 Å². The first-order valence-electron chi connectivity index (χ1n) is 6.76. The van der Waals surface area contributed by atoms with Crippen molar-refractivity contribution < 1.29 is 13.2 Å². The number of nitrogen functional groups attached to an aromatic ring is 1. The van der Waals surface area contributed by atoms with Crippen molar-refractivity contribution >= 4 is 47.6 Å². The number of halogens is 2. The maximum absolute atomic E-state index is 12.3. The number of benzene rings is 1. The van der Waals surface area contributed by atoms with Gasteiger partial charge in [0.25, 0.3) is 0 Å². The lowest BCUT2D eigenvalue weighted by Crippen LogP contribution is -2.29. The predicted molar refractivity (Wildman–Crippen MR) is 89.7 cm³/mol. The summed E-state index contributed by atoms with van der Waals surface area (Å²) in [5.74, 6) is 0. The first kappa shape index (κ1) is 17.2. The van der Waals surface area contributed by atoms with Crippen LogP contribution >= 0.6 is 31.9 Å². The van der Waals surface area contributed by atoms with Gasteiger partial charge in [0.05, 0.1) is 18.4 Å². The summed E-state index contributed by atoms with van der Waals surface area (Å²) in [5.41, 5.74) is 6.00. The summed E-state index contributed by atoms with van der Waals surface area (Å²) in [6, 6.07) is 3.22. The lowest BCUT2D eigenvalue weighted by atomic mass is 10.3. The normalized spacial score (nSPS) is 16.5. The van der Waals surface area contributed by atoms with E-state index in [0.29, 0.717) is 11.1 Å². The van der Waals surface area contributed by atoms with Gasteiger partial charge in [-0.2, -0.15) is 0 Å². The number of nitrogens with two attached hydrogens (primary N) is 1. The summed E-state index contributed by atoms with van der Waals surface area (Å²) >= 11 is 6.51. The Hall–Kier alpha value is -0.150. The van der Waals surface area contributed by atoms with E-state index in [9.17, 15) is 8.42 Å². The number of hydrogen-bond acceptors (Lipinski definition) is 4. The van der Waals surface area contributed by atoms with E-state index in [1.807, 2.05) is 0 Å². The smallest absolute Gasteiger partial charge is 0.243 e. The molecular weight excluding hydrogens is 424 g/mol. The van der Waals surface area contributed by atoms with Gasteiger partial charge in [0.15, 0.2) is 0 Å². The summed E-state index contributed by atoms with van der Waals surface area (Å²) in [4.78, 5) is 0.0616. The molecule has 0 unspecified atom stereocenters. The highest BCUT2D eigenvalue weighted by Crippen LogP contribution is 2.31. The molecule has 1 saturated carbocycles. The fraction of sp³-hybridized carbons (Fsp3) is 0.538. The van der Waals surface area contributed by atoms with Crippen LogP contribution in [-0.4, -0.2) is 27.7 Å². The minimum Gasteiger partial charge on any atom is -0.398 e. The second-order valence-corrected chi connectivity index (χ2v) is 8.45. The number of hydrogen-bond donors (Lipinski definition) is 2. The second kappa shape index (κ2) is 7.41. The summed E-state index contributed by atoms with van der Waals surface area (Å²) in [6.07, 6.45) is 4.80. The summed E-state index contributed by atoms with van der Waals surface area (Å²) in [6.45, 7) is 0.610. The van der Waals surface area contributed by atoms with E-state index < -0.39 is 10.0 Å². The number of nitrogens with one attached hydrogen (secondary N) is 1. The zero-order chi connectivity index (χ0) is 15.5. The summed E-state index contributed by atoms with van der Waals surface area (Å²) in [7, 11) is -3.66. The third-order valence-corrected chi connectivity index (χ3v) is 6.28. The maximum Gasteiger partial charge on any atom is 0.243 e. The van der Waals surface area contributed by atoms with Gasteiger partial charge in [-0.25, -0.2) is 13.1 Å². The van der Waals surface area contributed by atoms with Crippen molar-refractivity contribution in [3.63, 3.8) is 0 Å². The van der Waals surface area contributed by atoms with Crippen molar-refractivity contribution in [1.29, 1.82) is 0 Å². The molecule has 118 valence electrons. The van der Waals surface area contributed by atoms with Gasteiger partial charge in [-0.15, -0.1) is 0 Å². The van der Waals surface area contributed by atoms with Crippen LogP contribution in [-0.2, 0) is 14.8 Å². The van der Waals surface area contributed by atoms with Crippen LogP contribution in [0.1, 0.15) is 25.7 Å². The average Bonchev–Trinajstić information content (AvgIpc) is 2.86. The molecule has 21 heavy (non-hydrogen) atoms. The molecular formula is C13H18Br2N2O3S. The van der Waals surface area contributed by atoms with Crippen LogP contribution in [0.4, 0.5) is 5.69 Å². The van der Waals surface area contributed by atoms with Gasteiger partial charge < -0.3 is 10.5 Å². The fourth-order valence-corrected chi connectivity index (χ4v) is 5.47. The van der Waals surface area contributed by atoms with Gasteiger partial charge in [-0.1, -0.05) is 28.8 Å². The highest BCUT2D eigenvalue weighted by atomic mass is 79.9. The highest BCUT2D eigenvalue weighted by Gasteiger charge is 2.21. The molecule has 8 heteroatoms. The van der Waals surface area contributed by atoms with Gasteiger partial charge in [0.2, 0.25) is 10.0 Å². The first-order chi connectivity index (χ1) is 9.90. The molecule has 0 atom stereocenters. The molecule has 0 heterocycles. The Kier molecular flexibility index (Phi) is 6.07. The SMILES string of the molecule is Nc1cc(Br)cc(Br)c1S(=O)(=O)NCCOC1CCCC1. The van der Waals surface area contributed by atoms with Gasteiger partial charge in [-0.3, -0.25) is 0 Å². The van der Waals surface area contributed by atoms with Gasteiger partial charge >= 0.3 is 0 Å². The van der Waals surface area contributed by atoms with E-state index in [-0.39, 0.29) is 23.2 Å². The molecule has 0 amide bonds. The molecule has 0 radical (unpaired) electrons. The Labute approximate surface area is 141 Å². The average molecular weight is 442 g/mol. The van der Waals surface area contributed by atoms with Crippen LogP contribution in [0.25, 0.3) is 0 Å². The van der Waals surface area contributed by atoms with Crippen LogP contribution in [0.3, 0.4) is 0 Å². The van der Waals surface area contributed by atoms with Crippen LogP contribution in [0, 0.1) is 0 Å². The molecule has 5 nitrogen and oxygen atoms in total. The van der Waals surface area contributed by atoms with Crippen molar-refractivity contribution in [3.8, 4) is 0 Å². The fourth-order valence-electron chi connectivity index (χ4n) is 2.39. The van der Waals surface area contributed by atoms with E-state index in [1.54, 1.807) is 12.1 Å². The second-order valence-electron chi connectivity index (χ2n) is 4.98. The Morgan fingerprint density at radius 2 is 1.95 bits per heavy atom. The van der Waals surface area contributed by atoms with E-state index in [4.69, 9.17) is 10.5 Å². The van der Waals surface area contributed by atoms with E-state index >= 15 is 0 Å². The predicted octanol–water partition coefficient (Wildman–Crippen LogP) is 3.03. The molecule has 1 aromatic carbocycles. The Bertz CT molecular complexity index is 578. The molecule has 0 spiro atoms. The molecule has 1 aliphatic rings. The quantitative estimate of drug-likeness (QED) is 0.525. The Morgan fingerprint density at radius 1 is 1.29 bits per heavy atom. The van der Waals surface area contributed by atoms with Gasteiger partial charge in [0, 0.05) is 15.5 Å². The molecule has 0 aliphatic heterocycles. The van der Waals surface area contributed by atoms with E-state index in [2.05, 4.69) is 36.6 Å². The molecule has 0 saturated heterocycles. The molecule has 2 rings (SSSR count). The summed E-state index contributed by atoms with van der Waals surface area (Å²) < 4.78 is 33.9. The topological polar surface area (TPSA) is 81.4 Å². The Balaban J connectivity index is 1.95. The van der Waals surface area contributed by atoms with Crippen LogP contribution < -0.4 is 10.5 Å². The molecule has 1 aliphatic carbocycles. The molecule has 0 aromatic heterocycles. The van der Waals surface area contributed by atoms with Crippen molar-refractivity contribution in [3.05, 3.63) is 21.1 Å². The first-order valence-corrected chi connectivity index (χ1v) is 9.83. The van der Waals surface area contributed by atoms with Crippen molar-refractivity contribution in [2.75, 3.05) is 18.9 Å². The lowest BCUT2D eigenvalue weighted by molar-refractivity contribution is 0.0626. The third-order valence-electron chi connectivity index (χ3n) is 3.36. The number of anilines is 1. The molecule has 3 N–H and O–H groups in total. The number of sulfonamides is 1. The van der Waals surface area contributed by atoms with Gasteiger partial charge in [-0.05, 0) is 40.9 Å². The zero-order valence-electron chi connectivity index (χ0n) is 11.4. The van der Waals surface area contributed by atoms with Crippen LogP contribution in [0.15, 0.2) is 26.0 Å². The lowest BCUT2D eigenvalue weighted by Gasteiger charge is -2.13. The zero-order valence-corrected chi connectivity index (χ0v) is 15.4. The maximum atomic E-state index is 12.3. The highest BCUT2D eigenvalue weighted by molar-refractivity contribution is 9.11. The molecule has 0 bridgehead atoms. The van der Waals surface area contributed by atoms with Crippen molar-refractivity contribution in [2.24, 2.45) is 0 Å². The minimum absolute atomic E-state index is 0.0616. The van der Waals surface area contributed by atoms with Crippen molar-refractivity contribution in [1.82, 2.24) is 4.72 Å². The van der Waals surface area contributed by atoms with E-state index in [1.165, 1.54) is 12.8 Å². The van der Waals surface area contributed by atoms with Crippen molar-refractivity contribution in [2.45, 2.75) is 36.7 Å². The monoisotopic (exact) mass is 440 g/mol. The van der Waals surface area contributed by atoms with Crippen LogP contribution in [0.2, 0.25) is 0 Å². The van der Waals surface area contributed by atoms with Gasteiger partial charge in [0.1, 0.15) is 4.90 Å². The van der Waals surface area contributed by atoms with Crippen LogP contribution in [0.5, 0.6) is 0 Å². The number of ether oxygens (including phenoxy) is 1. The minimum atomic E-state index is -3.66.